The molecule has 4 heterocycles. The predicted molar refractivity (Wildman–Crippen MR) is 171 cm³/mol. The van der Waals surface area contributed by atoms with Gasteiger partial charge in [-0.15, -0.1) is 0 Å². The zero-order valence-electron chi connectivity index (χ0n) is 28.1. The van der Waals surface area contributed by atoms with Gasteiger partial charge < -0.3 is 18.9 Å². The summed E-state index contributed by atoms with van der Waals surface area (Å²) in [5, 5.41) is 4.54. The van der Waals surface area contributed by atoms with Crippen LogP contribution in [0.25, 0.3) is 11.5 Å². The van der Waals surface area contributed by atoms with Gasteiger partial charge in [0.15, 0.2) is 17.3 Å². The zero-order valence-corrected chi connectivity index (χ0v) is 28.1. The fourth-order valence-corrected chi connectivity index (χ4v) is 7.91. The van der Waals surface area contributed by atoms with Crippen molar-refractivity contribution in [1.82, 2.24) is 24.9 Å². The van der Waals surface area contributed by atoms with Crippen LogP contribution in [0.2, 0.25) is 0 Å². The van der Waals surface area contributed by atoms with Gasteiger partial charge in [-0.25, -0.2) is 9.78 Å². The molecule has 0 radical (unpaired) electrons. The Hall–Kier alpha value is -3.21. The molecule has 0 bridgehead atoms. The average molecular weight is 623 g/mol. The molecule has 3 atom stereocenters. The van der Waals surface area contributed by atoms with E-state index >= 15 is 0 Å². The van der Waals surface area contributed by atoms with Crippen LogP contribution in [0.1, 0.15) is 104 Å². The highest BCUT2D eigenvalue weighted by molar-refractivity contribution is 5.91. The third kappa shape index (κ3) is 6.16. The lowest BCUT2D eigenvalue weighted by Gasteiger charge is -2.47. The molecule has 0 N–H and O–H groups in total. The Morgan fingerprint density at radius 2 is 1.84 bits per heavy atom. The Morgan fingerprint density at radius 1 is 1.07 bits per heavy atom. The van der Waals surface area contributed by atoms with Gasteiger partial charge in [-0.3, -0.25) is 14.6 Å². The fourth-order valence-electron chi connectivity index (χ4n) is 7.91. The third-order valence-electron chi connectivity index (χ3n) is 10.2. The van der Waals surface area contributed by atoms with Crippen LogP contribution in [0.15, 0.2) is 10.6 Å². The van der Waals surface area contributed by atoms with Crippen LogP contribution in [-0.2, 0) is 21.4 Å². The quantitative estimate of drug-likeness (QED) is 0.421. The van der Waals surface area contributed by atoms with Gasteiger partial charge in [-0.2, -0.15) is 4.98 Å². The molecule has 0 unspecified atom stereocenters. The maximum absolute atomic E-state index is 13.3. The number of likely N-dealkylation sites (tertiary alicyclic amines) is 1. The number of rotatable bonds is 5. The first-order chi connectivity index (χ1) is 21.3. The van der Waals surface area contributed by atoms with Crippen molar-refractivity contribution in [1.29, 1.82) is 0 Å². The number of carbonyl (C=O) groups excluding carboxylic acids is 2. The molecule has 2 saturated heterocycles. The second-order valence-electron chi connectivity index (χ2n) is 15.2. The molecule has 1 amide bonds. The van der Waals surface area contributed by atoms with Crippen molar-refractivity contribution in [3.05, 3.63) is 17.4 Å². The van der Waals surface area contributed by atoms with E-state index in [0.29, 0.717) is 49.5 Å². The summed E-state index contributed by atoms with van der Waals surface area (Å²) in [5.74, 6) is 2.65. The van der Waals surface area contributed by atoms with Crippen molar-refractivity contribution in [3.8, 4) is 17.4 Å². The van der Waals surface area contributed by atoms with Crippen molar-refractivity contribution in [2.45, 2.75) is 128 Å². The topological polar surface area (TPSA) is 114 Å². The van der Waals surface area contributed by atoms with Crippen LogP contribution >= 0.6 is 0 Å². The number of ketones is 1. The van der Waals surface area contributed by atoms with E-state index < -0.39 is 16.6 Å². The summed E-state index contributed by atoms with van der Waals surface area (Å²) in [7, 11) is 2.14. The molecule has 11 nitrogen and oxygen atoms in total. The van der Waals surface area contributed by atoms with Crippen LogP contribution in [0, 0.1) is 0 Å². The number of anilines is 1. The molecule has 2 aromatic heterocycles. The van der Waals surface area contributed by atoms with Crippen molar-refractivity contribution in [2.75, 3.05) is 38.1 Å². The molecule has 0 aromatic carbocycles. The number of hydrogen-bond acceptors (Lipinski definition) is 10. The van der Waals surface area contributed by atoms with E-state index in [-0.39, 0.29) is 18.0 Å². The van der Waals surface area contributed by atoms with E-state index in [1.165, 1.54) is 0 Å². The SMILES string of the molecule is C[C@H](Oc1cc(N2CCN(C(=O)OC(C)(C)C)C(C)(C)C2)nc(-c2noc3c2CCC[C@@]32CCCCC2=O)n1)[C@@H]1CCCN1C. The lowest BCUT2D eigenvalue weighted by atomic mass is 9.64. The Labute approximate surface area is 267 Å². The first-order valence-electron chi connectivity index (χ1n) is 16.8. The molecule has 1 spiro atoms. The molecular weight excluding hydrogens is 572 g/mol. The normalized spacial score (nSPS) is 26.2. The predicted octanol–water partition coefficient (Wildman–Crippen LogP) is 5.55. The maximum atomic E-state index is 13.3. The number of piperazine rings is 1. The number of carbonyl (C=O) groups is 2. The van der Waals surface area contributed by atoms with E-state index in [0.717, 1.165) is 75.1 Å². The molecule has 2 aromatic rings. The van der Waals surface area contributed by atoms with E-state index in [2.05, 4.69) is 42.8 Å². The van der Waals surface area contributed by atoms with Gasteiger partial charge in [0.2, 0.25) is 5.88 Å². The van der Waals surface area contributed by atoms with Crippen molar-refractivity contribution in [2.24, 2.45) is 0 Å². The Balaban J connectivity index is 1.34. The lowest BCUT2D eigenvalue weighted by molar-refractivity contribution is -0.128. The summed E-state index contributed by atoms with van der Waals surface area (Å²) in [6, 6.07) is 2.22. The molecule has 45 heavy (non-hydrogen) atoms. The average Bonchev–Trinajstić information content (AvgIpc) is 3.60. The Kier molecular flexibility index (Phi) is 8.37. The minimum atomic E-state index is -0.572. The highest BCUT2D eigenvalue weighted by Gasteiger charge is 2.49. The van der Waals surface area contributed by atoms with Gasteiger partial charge >= 0.3 is 6.09 Å². The number of aromatic nitrogens is 3. The van der Waals surface area contributed by atoms with Gasteiger partial charge in [0.25, 0.3) is 0 Å². The second-order valence-corrected chi connectivity index (χ2v) is 15.2. The number of nitrogens with zero attached hydrogens (tertiary/aromatic N) is 6. The number of fused-ring (bicyclic) bond motifs is 2. The summed E-state index contributed by atoms with van der Waals surface area (Å²) in [6.07, 6.45) is 7.71. The van der Waals surface area contributed by atoms with Gasteiger partial charge in [0, 0.05) is 43.7 Å². The van der Waals surface area contributed by atoms with Gasteiger partial charge in [0.05, 0.1) is 11.0 Å². The van der Waals surface area contributed by atoms with Crippen LogP contribution < -0.4 is 9.64 Å². The number of hydrogen-bond donors (Lipinski definition) is 0. The van der Waals surface area contributed by atoms with Crippen LogP contribution in [0.5, 0.6) is 5.88 Å². The fraction of sp³-hybridized carbons (Fsp3) is 0.735. The van der Waals surface area contributed by atoms with E-state index in [1.807, 2.05) is 26.8 Å². The Bertz CT molecular complexity index is 1430. The minimum absolute atomic E-state index is 0.0667. The molecule has 2 aliphatic heterocycles. The van der Waals surface area contributed by atoms with E-state index in [9.17, 15) is 9.59 Å². The first kappa shape index (κ1) is 31.8. The van der Waals surface area contributed by atoms with Gasteiger partial charge in [-0.05, 0) is 100 Å². The van der Waals surface area contributed by atoms with Crippen LogP contribution in [0.3, 0.4) is 0 Å². The lowest BCUT2D eigenvalue weighted by Crippen LogP contribution is -2.62. The molecule has 1 saturated carbocycles. The molecule has 3 fully saturated rings. The molecule has 11 heteroatoms. The number of amides is 1. The third-order valence-corrected chi connectivity index (χ3v) is 10.2. The summed E-state index contributed by atoms with van der Waals surface area (Å²) in [5.41, 5.74) is -0.0882. The summed E-state index contributed by atoms with van der Waals surface area (Å²) in [4.78, 5) is 42.7. The molecular formula is C34H50N6O5. The highest BCUT2D eigenvalue weighted by Crippen LogP contribution is 2.47. The Morgan fingerprint density at radius 3 is 2.53 bits per heavy atom. The largest absolute Gasteiger partial charge is 0.473 e. The number of Topliss-reactive ketones (excluding diaryl/α,β-unsaturated/α-hetero) is 1. The van der Waals surface area contributed by atoms with Crippen LogP contribution in [0.4, 0.5) is 10.6 Å². The smallest absolute Gasteiger partial charge is 0.410 e. The molecule has 246 valence electrons. The first-order valence-corrected chi connectivity index (χ1v) is 16.8. The minimum Gasteiger partial charge on any atom is -0.473 e. The van der Waals surface area contributed by atoms with E-state index in [1.54, 1.807) is 4.90 Å². The number of ether oxygens (including phenoxy) is 2. The highest BCUT2D eigenvalue weighted by atomic mass is 16.6. The van der Waals surface area contributed by atoms with Gasteiger partial charge in [0.1, 0.15) is 23.3 Å². The van der Waals surface area contributed by atoms with E-state index in [4.69, 9.17) is 24.0 Å². The van der Waals surface area contributed by atoms with Crippen molar-refractivity contribution in [3.63, 3.8) is 0 Å². The zero-order chi connectivity index (χ0) is 32.1. The van der Waals surface area contributed by atoms with Crippen molar-refractivity contribution < 1.29 is 23.6 Å². The molecule has 2 aliphatic carbocycles. The summed E-state index contributed by atoms with van der Waals surface area (Å²) >= 11 is 0. The summed E-state index contributed by atoms with van der Waals surface area (Å²) in [6.45, 7) is 14.5. The molecule has 6 rings (SSSR count). The van der Waals surface area contributed by atoms with Crippen molar-refractivity contribution >= 4 is 17.7 Å². The maximum Gasteiger partial charge on any atom is 0.410 e. The molecule has 4 aliphatic rings. The standard InChI is InChI=1S/C34H50N6O5/c1-22(24-13-11-17-38(24)7)43-27-20-26(39-18-19-40(33(5,6)21-39)31(42)44-32(2,3)4)35-30(36-27)28-23-12-10-16-34(29(23)45-37-28)15-9-8-14-25(34)41/h20,22,24H,8-19,21H2,1-7H3/t22-,24-,34+/m0/s1. The second kappa shape index (κ2) is 11.9. The van der Waals surface area contributed by atoms with Crippen LogP contribution in [-0.4, -0.2) is 93.3 Å². The monoisotopic (exact) mass is 622 g/mol. The van der Waals surface area contributed by atoms with Gasteiger partial charge in [-0.1, -0.05) is 11.6 Å². The summed E-state index contributed by atoms with van der Waals surface area (Å²) < 4.78 is 18.3. The number of likely N-dealkylation sites (N-methyl/N-ethyl adjacent to an activating group) is 1.